The highest BCUT2D eigenvalue weighted by molar-refractivity contribution is 8.03. The molecule has 2 aliphatic rings. The SMILES string of the molecule is CC[P+]1(C)N[P+](CC)(C(C)C)N(C)[P+]2(CC2C)N1. The fraction of sp³-hybridized carbons (Fsp3) is 1.00. The molecule has 4 unspecified atom stereocenters. The van der Waals surface area contributed by atoms with Gasteiger partial charge in [0, 0.05) is 0 Å². The van der Waals surface area contributed by atoms with E-state index in [0.29, 0.717) is 0 Å². The van der Waals surface area contributed by atoms with Crippen LogP contribution in [0.5, 0.6) is 0 Å². The first-order valence-corrected chi connectivity index (χ1v) is 13.6. The summed E-state index contributed by atoms with van der Waals surface area (Å²) in [6.07, 6.45) is 4.03. The van der Waals surface area contributed by atoms with Crippen molar-refractivity contribution in [1.29, 1.82) is 0 Å². The topological polar surface area (TPSA) is 27.3 Å². The third kappa shape index (κ3) is 2.11. The van der Waals surface area contributed by atoms with E-state index >= 15 is 0 Å². The zero-order chi connectivity index (χ0) is 13.8. The monoisotopic (exact) mass is 310 g/mol. The zero-order valence-corrected chi connectivity index (χ0v) is 15.7. The smallest absolute Gasteiger partial charge is 0.0350 e. The molecule has 2 aliphatic heterocycles. The summed E-state index contributed by atoms with van der Waals surface area (Å²) in [5.74, 6) is 0. The van der Waals surface area contributed by atoms with Crippen LogP contribution in [-0.2, 0) is 0 Å². The highest BCUT2D eigenvalue weighted by Gasteiger charge is 2.81. The van der Waals surface area contributed by atoms with Crippen molar-refractivity contribution in [2.24, 2.45) is 0 Å². The van der Waals surface area contributed by atoms with E-state index < -0.39 is 22.7 Å². The Labute approximate surface area is 115 Å². The van der Waals surface area contributed by atoms with Gasteiger partial charge in [-0.1, -0.05) is 0 Å². The number of nitrogens with zero attached hydrogens (tertiary/aromatic N) is 1. The average Bonchev–Trinajstić information content (AvgIpc) is 2.95. The molecule has 0 bridgehead atoms. The molecule has 0 aromatic carbocycles. The Morgan fingerprint density at radius 1 is 1.22 bits per heavy atom. The Kier molecular flexibility index (Phi) is 4.21. The summed E-state index contributed by atoms with van der Waals surface area (Å²) in [5, 5.41) is 0. The summed E-state index contributed by atoms with van der Waals surface area (Å²) in [4.78, 5) is 8.31. The largest absolute Gasteiger partial charge is 0.238 e. The highest BCUT2D eigenvalue weighted by atomic mass is 31.3. The van der Waals surface area contributed by atoms with Gasteiger partial charge in [0.1, 0.15) is 17.5 Å². The molecular formula is C12H31N3P3+3. The summed E-state index contributed by atoms with van der Waals surface area (Å²) < 4.78 is 2.84. The third-order valence-electron chi connectivity index (χ3n) is 4.93. The van der Waals surface area contributed by atoms with E-state index in [2.05, 4.69) is 62.5 Å². The summed E-state index contributed by atoms with van der Waals surface area (Å²) in [5.41, 5.74) is 1.69. The zero-order valence-electron chi connectivity index (χ0n) is 13.1. The van der Waals surface area contributed by atoms with Crippen molar-refractivity contribution in [3.8, 4) is 0 Å². The molecule has 2 N–H and O–H groups in total. The minimum atomic E-state index is -1.15. The Balaban J connectivity index is 2.40. The van der Waals surface area contributed by atoms with Crippen LogP contribution in [0.1, 0.15) is 34.6 Å². The summed E-state index contributed by atoms with van der Waals surface area (Å²) in [6, 6.07) is 0. The van der Waals surface area contributed by atoms with E-state index in [1.807, 2.05) is 0 Å². The van der Waals surface area contributed by atoms with Gasteiger partial charge < -0.3 is 0 Å². The molecule has 0 aliphatic carbocycles. The van der Waals surface area contributed by atoms with Gasteiger partial charge in [0.15, 0.2) is 0 Å². The minimum absolute atomic E-state index is 0.769. The van der Waals surface area contributed by atoms with Gasteiger partial charge in [0.25, 0.3) is 0 Å². The van der Waals surface area contributed by atoms with Crippen LogP contribution >= 0.6 is 22.7 Å². The molecular weight excluding hydrogens is 279 g/mol. The van der Waals surface area contributed by atoms with E-state index in [-0.39, 0.29) is 0 Å². The second kappa shape index (κ2) is 4.87. The molecule has 0 radical (unpaired) electrons. The number of nitrogens with one attached hydrogen (secondary N) is 2. The molecule has 3 nitrogen and oxygen atoms in total. The van der Waals surface area contributed by atoms with Crippen molar-refractivity contribution in [3.63, 3.8) is 0 Å². The van der Waals surface area contributed by atoms with Gasteiger partial charge in [-0.25, -0.2) is 0 Å². The van der Waals surface area contributed by atoms with Crippen LogP contribution in [0.2, 0.25) is 0 Å². The van der Waals surface area contributed by atoms with Gasteiger partial charge in [0.05, 0.1) is 26.0 Å². The van der Waals surface area contributed by atoms with Gasteiger partial charge in [-0.15, -0.1) is 0 Å². The molecule has 6 heteroatoms. The maximum Gasteiger partial charge on any atom is 0.238 e. The van der Waals surface area contributed by atoms with Crippen LogP contribution < -0.4 is 9.72 Å². The third-order valence-corrected chi connectivity index (χ3v) is 21.4. The molecule has 1 spiro atoms. The first kappa shape index (κ1) is 15.6. The van der Waals surface area contributed by atoms with Crippen molar-refractivity contribution in [2.75, 3.05) is 32.2 Å². The highest BCUT2D eigenvalue weighted by Crippen LogP contribution is 2.93. The maximum absolute atomic E-state index is 4.17. The van der Waals surface area contributed by atoms with Crippen LogP contribution in [0.4, 0.5) is 0 Å². The first-order chi connectivity index (χ1) is 8.26. The fourth-order valence-electron chi connectivity index (χ4n) is 3.33. The van der Waals surface area contributed by atoms with Gasteiger partial charge in [-0.3, -0.25) is 0 Å². The lowest BCUT2D eigenvalue weighted by molar-refractivity contribution is 0.783. The Morgan fingerprint density at radius 3 is 2.11 bits per heavy atom. The molecule has 0 aromatic rings. The van der Waals surface area contributed by atoms with E-state index in [0.717, 1.165) is 11.3 Å². The normalized spacial score (nSPS) is 49.0. The lowest BCUT2D eigenvalue weighted by Crippen LogP contribution is -2.45. The Morgan fingerprint density at radius 2 is 1.78 bits per heavy atom. The number of hydrogen-bond donors (Lipinski definition) is 2. The van der Waals surface area contributed by atoms with Crippen LogP contribution in [-0.4, -0.2) is 48.0 Å². The molecule has 0 amide bonds. The van der Waals surface area contributed by atoms with Crippen LogP contribution in [0.25, 0.3) is 0 Å². The molecule has 106 valence electrons. The molecule has 2 saturated heterocycles. The molecule has 18 heavy (non-hydrogen) atoms. The Hall–Kier alpha value is 1.17. The molecule has 2 heterocycles. The number of rotatable bonds is 3. The standard InChI is InChI=1S/C12H31N3P3/c1-8-16(7)13-17(9-2,11(3)4)15(6)18(14-16)10-12(18)5/h11-14H,8-10H2,1-7H3/q+3. The van der Waals surface area contributed by atoms with E-state index in [1.54, 1.807) is 0 Å². The quantitative estimate of drug-likeness (QED) is 0.767. The average molecular weight is 310 g/mol. The first-order valence-electron chi connectivity index (χ1n) is 7.21. The van der Waals surface area contributed by atoms with Crippen molar-refractivity contribution < 1.29 is 0 Å². The lowest BCUT2D eigenvalue weighted by Gasteiger charge is -2.43. The summed E-state index contributed by atoms with van der Waals surface area (Å²) in [6.45, 7) is 14.5. The van der Waals surface area contributed by atoms with Gasteiger partial charge in [-0.05, 0) is 48.8 Å². The van der Waals surface area contributed by atoms with Gasteiger partial charge in [-0.2, -0.15) is 0 Å². The maximum atomic E-state index is 4.17. The summed E-state index contributed by atoms with van der Waals surface area (Å²) >= 11 is 0. The van der Waals surface area contributed by atoms with Crippen LogP contribution in [0.3, 0.4) is 0 Å². The molecule has 2 fully saturated rings. The van der Waals surface area contributed by atoms with E-state index in [4.69, 9.17) is 0 Å². The Bertz CT molecular complexity index is 341. The van der Waals surface area contributed by atoms with Crippen molar-refractivity contribution >= 4 is 22.7 Å². The van der Waals surface area contributed by atoms with E-state index in [1.165, 1.54) is 18.5 Å². The minimum Gasteiger partial charge on any atom is -0.0350 e. The summed E-state index contributed by atoms with van der Waals surface area (Å²) in [7, 11) is -0.831. The van der Waals surface area contributed by atoms with E-state index in [9.17, 15) is 0 Å². The fourth-order valence-corrected chi connectivity index (χ4v) is 23.3. The molecule has 4 atom stereocenters. The molecule has 0 aromatic heterocycles. The second-order valence-electron chi connectivity index (χ2n) is 6.29. The van der Waals surface area contributed by atoms with Crippen molar-refractivity contribution in [3.05, 3.63) is 0 Å². The lowest BCUT2D eigenvalue weighted by atomic mass is 10.6. The molecule has 2 rings (SSSR count). The number of hydrogen-bond acceptors (Lipinski definition) is 3. The van der Waals surface area contributed by atoms with Crippen LogP contribution in [0, 0.1) is 0 Å². The van der Waals surface area contributed by atoms with Crippen LogP contribution in [0.15, 0.2) is 0 Å². The van der Waals surface area contributed by atoms with Crippen molar-refractivity contribution in [2.45, 2.75) is 45.9 Å². The molecule has 0 saturated carbocycles. The predicted molar refractivity (Wildman–Crippen MR) is 91.3 cm³/mol. The van der Waals surface area contributed by atoms with Gasteiger partial charge >= 0.3 is 0 Å². The van der Waals surface area contributed by atoms with Crippen molar-refractivity contribution in [1.82, 2.24) is 14.2 Å². The predicted octanol–water partition coefficient (Wildman–Crippen LogP) is 4.13. The van der Waals surface area contributed by atoms with Gasteiger partial charge in [0.2, 0.25) is 22.7 Å². The second-order valence-corrected chi connectivity index (χ2v) is 18.6.